The van der Waals surface area contributed by atoms with Gasteiger partial charge in [0.25, 0.3) is 0 Å². The third-order valence-corrected chi connectivity index (χ3v) is 7.10. The van der Waals surface area contributed by atoms with Gasteiger partial charge >= 0.3 is 0 Å². The number of hydrogen-bond acceptors (Lipinski definition) is 5. The van der Waals surface area contributed by atoms with E-state index in [1.807, 2.05) is 0 Å². The highest BCUT2D eigenvalue weighted by Gasteiger charge is 2.24. The molecule has 0 saturated heterocycles. The predicted octanol–water partition coefficient (Wildman–Crippen LogP) is 3.60. The summed E-state index contributed by atoms with van der Waals surface area (Å²) in [7, 11) is -2.72. The number of carbonyl (C=O) groups excluding carboxylic acids is 1. The van der Waals surface area contributed by atoms with Gasteiger partial charge in [-0.15, -0.1) is 11.3 Å². The standard InChI is InChI=1S/C20H16F2N4O3S2/c1-25(31(28,29)16-8-6-15(22)7-9-16)12-17(27)23-19-18(13-2-4-14(21)5-3-13)24-20-26(19)10-11-30-20/h2-11H,12H2,1H3,(H,23,27). The van der Waals surface area contributed by atoms with Gasteiger partial charge < -0.3 is 5.32 Å². The van der Waals surface area contributed by atoms with E-state index in [1.165, 1.54) is 30.5 Å². The number of thiazole rings is 1. The van der Waals surface area contributed by atoms with Gasteiger partial charge in [-0.05, 0) is 48.5 Å². The molecule has 1 N–H and O–H groups in total. The highest BCUT2D eigenvalue weighted by molar-refractivity contribution is 7.89. The van der Waals surface area contributed by atoms with Gasteiger partial charge in [0.05, 0.1) is 11.4 Å². The first-order chi connectivity index (χ1) is 14.8. The summed E-state index contributed by atoms with van der Waals surface area (Å²) in [4.78, 5) is 17.7. The molecule has 0 aliphatic carbocycles. The van der Waals surface area contributed by atoms with E-state index in [0.29, 0.717) is 22.0 Å². The van der Waals surface area contributed by atoms with Crippen molar-refractivity contribution < 1.29 is 22.0 Å². The molecule has 7 nitrogen and oxygen atoms in total. The van der Waals surface area contributed by atoms with Crippen LogP contribution in [0.5, 0.6) is 0 Å². The Kier molecular flexibility index (Phi) is 5.56. The molecule has 0 radical (unpaired) electrons. The lowest BCUT2D eigenvalue weighted by molar-refractivity contribution is -0.116. The van der Waals surface area contributed by atoms with E-state index in [9.17, 15) is 22.0 Å². The summed E-state index contributed by atoms with van der Waals surface area (Å²) in [5.74, 6) is -1.21. The van der Waals surface area contributed by atoms with Crippen LogP contribution in [0, 0.1) is 11.6 Å². The number of carbonyl (C=O) groups is 1. The molecule has 11 heteroatoms. The number of fused-ring (bicyclic) bond motifs is 1. The molecule has 2 heterocycles. The molecule has 160 valence electrons. The Morgan fingerprint density at radius 1 is 1.10 bits per heavy atom. The maximum Gasteiger partial charge on any atom is 0.243 e. The Hall–Kier alpha value is -3.15. The van der Waals surface area contributed by atoms with Crippen LogP contribution >= 0.6 is 11.3 Å². The number of nitrogens with zero attached hydrogens (tertiary/aromatic N) is 3. The van der Waals surface area contributed by atoms with E-state index in [0.717, 1.165) is 28.6 Å². The van der Waals surface area contributed by atoms with Crippen LogP contribution in [0.1, 0.15) is 0 Å². The summed E-state index contributed by atoms with van der Waals surface area (Å²) < 4.78 is 54.2. The molecule has 0 saturated carbocycles. The van der Waals surface area contributed by atoms with E-state index < -0.39 is 34.1 Å². The number of halogens is 2. The largest absolute Gasteiger partial charge is 0.309 e. The van der Waals surface area contributed by atoms with Crippen molar-refractivity contribution in [3.05, 3.63) is 71.7 Å². The second-order valence-corrected chi connectivity index (χ2v) is 9.55. The summed E-state index contributed by atoms with van der Waals surface area (Å²) in [5.41, 5.74) is 1.03. The van der Waals surface area contributed by atoms with Crippen molar-refractivity contribution in [2.24, 2.45) is 0 Å². The van der Waals surface area contributed by atoms with E-state index in [4.69, 9.17) is 0 Å². The zero-order valence-electron chi connectivity index (χ0n) is 16.1. The van der Waals surface area contributed by atoms with Crippen molar-refractivity contribution in [1.29, 1.82) is 0 Å². The minimum Gasteiger partial charge on any atom is -0.309 e. The topological polar surface area (TPSA) is 83.8 Å². The Balaban J connectivity index is 1.58. The van der Waals surface area contributed by atoms with Crippen molar-refractivity contribution >= 4 is 38.0 Å². The van der Waals surface area contributed by atoms with Crippen LogP contribution in [-0.2, 0) is 14.8 Å². The number of benzene rings is 2. The highest BCUT2D eigenvalue weighted by Crippen LogP contribution is 2.31. The van der Waals surface area contributed by atoms with Gasteiger partial charge in [0.1, 0.15) is 23.1 Å². The minimum absolute atomic E-state index is 0.124. The van der Waals surface area contributed by atoms with Gasteiger partial charge in [0, 0.05) is 24.2 Å². The molecular formula is C20H16F2N4O3S2. The second kappa shape index (κ2) is 8.17. The van der Waals surface area contributed by atoms with E-state index >= 15 is 0 Å². The molecule has 1 amide bonds. The number of sulfonamides is 1. The first-order valence-corrected chi connectivity index (χ1v) is 11.3. The summed E-state index contributed by atoms with van der Waals surface area (Å²) in [6.45, 7) is -0.472. The number of anilines is 1. The van der Waals surface area contributed by atoms with Crippen LogP contribution < -0.4 is 5.32 Å². The van der Waals surface area contributed by atoms with Crippen molar-refractivity contribution in [2.75, 3.05) is 18.9 Å². The first-order valence-electron chi connectivity index (χ1n) is 8.99. The molecule has 2 aromatic carbocycles. The lowest BCUT2D eigenvalue weighted by atomic mass is 10.1. The van der Waals surface area contributed by atoms with Crippen molar-refractivity contribution in [3.63, 3.8) is 0 Å². The zero-order valence-corrected chi connectivity index (χ0v) is 17.8. The summed E-state index contributed by atoms with van der Waals surface area (Å²) >= 11 is 1.35. The van der Waals surface area contributed by atoms with E-state index in [-0.39, 0.29) is 4.90 Å². The average molecular weight is 463 g/mol. The first kappa shape index (κ1) is 21.1. The van der Waals surface area contributed by atoms with Crippen molar-refractivity contribution in [2.45, 2.75) is 4.90 Å². The lowest BCUT2D eigenvalue weighted by Gasteiger charge is -2.17. The number of nitrogens with one attached hydrogen (secondary N) is 1. The predicted molar refractivity (Wildman–Crippen MR) is 113 cm³/mol. The van der Waals surface area contributed by atoms with Crippen LogP contribution in [0.25, 0.3) is 16.2 Å². The van der Waals surface area contributed by atoms with Crippen molar-refractivity contribution in [3.8, 4) is 11.3 Å². The van der Waals surface area contributed by atoms with E-state index in [2.05, 4.69) is 10.3 Å². The SMILES string of the molecule is CN(CC(=O)Nc1c(-c2ccc(F)cc2)nc2sccn12)S(=O)(=O)c1ccc(F)cc1. The molecule has 0 aliphatic rings. The quantitative estimate of drug-likeness (QED) is 0.475. The Morgan fingerprint density at radius 2 is 1.71 bits per heavy atom. The smallest absolute Gasteiger partial charge is 0.243 e. The molecule has 0 aliphatic heterocycles. The molecule has 0 fully saturated rings. The molecular weight excluding hydrogens is 446 g/mol. The van der Waals surface area contributed by atoms with Crippen molar-refractivity contribution in [1.82, 2.24) is 13.7 Å². The molecule has 31 heavy (non-hydrogen) atoms. The summed E-state index contributed by atoms with van der Waals surface area (Å²) in [5, 5.41) is 4.49. The van der Waals surface area contributed by atoms with Gasteiger partial charge in [-0.3, -0.25) is 9.20 Å². The fraction of sp³-hybridized carbons (Fsp3) is 0.100. The molecule has 4 aromatic rings. The molecule has 0 unspecified atom stereocenters. The van der Waals surface area contributed by atoms with Gasteiger partial charge in [-0.2, -0.15) is 4.31 Å². The Morgan fingerprint density at radius 3 is 2.35 bits per heavy atom. The third kappa shape index (κ3) is 4.20. The lowest BCUT2D eigenvalue weighted by Crippen LogP contribution is -2.35. The molecule has 0 spiro atoms. The minimum atomic E-state index is -3.98. The molecule has 0 bridgehead atoms. The van der Waals surface area contributed by atoms with Gasteiger partial charge in [-0.25, -0.2) is 22.2 Å². The molecule has 0 atom stereocenters. The number of imidazole rings is 1. The number of likely N-dealkylation sites (N-methyl/N-ethyl adjacent to an activating group) is 1. The van der Waals surface area contributed by atoms with Crippen LogP contribution in [0.3, 0.4) is 0 Å². The number of rotatable bonds is 6. The number of hydrogen-bond donors (Lipinski definition) is 1. The Bertz CT molecular complexity index is 1350. The fourth-order valence-electron chi connectivity index (χ4n) is 2.96. The van der Waals surface area contributed by atoms with Gasteiger partial charge in [0.15, 0.2) is 4.96 Å². The van der Waals surface area contributed by atoms with Gasteiger partial charge in [0.2, 0.25) is 15.9 Å². The average Bonchev–Trinajstić information content (AvgIpc) is 3.31. The third-order valence-electron chi connectivity index (χ3n) is 4.53. The normalized spacial score (nSPS) is 11.9. The molecule has 4 rings (SSSR count). The van der Waals surface area contributed by atoms with E-state index in [1.54, 1.807) is 28.1 Å². The number of aromatic nitrogens is 2. The Labute approximate surface area is 180 Å². The van der Waals surface area contributed by atoms with Crippen LogP contribution in [0.2, 0.25) is 0 Å². The van der Waals surface area contributed by atoms with Crippen LogP contribution in [-0.4, -0.2) is 41.6 Å². The number of amides is 1. The maximum atomic E-state index is 13.3. The highest BCUT2D eigenvalue weighted by atomic mass is 32.2. The van der Waals surface area contributed by atoms with Crippen LogP contribution in [0.4, 0.5) is 14.6 Å². The van der Waals surface area contributed by atoms with Crippen LogP contribution in [0.15, 0.2) is 65.0 Å². The monoisotopic (exact) mass is 462 g/mol. The fourth-order valence-corrected chi connectivity index (χ4v) is 4.80. The summed E-state index contributed by atoms with van der Waals surface area (Å²) in [6, 6.07) is 10.0. The maximum absolute atomic E-state index is 13.3. The second-order valence-electron chi connectivity index (χ2n) is 6.63. The van der Waals surface area contributed by atoms with Gasteiger partial charge in [-0.1, -0.05) is 0 Å². The zero-order chi connectivity index (χ0) is 22.2. The molecule has 2 aromatic heterocycles. The summed E-state index contributed by atoms with van der Waals surface area (Å²) in [6.07, 6.45) is 1.72.